The van der Waals surface area contributed by atoms with Crippen LogP contribution in [0.2, 0.25) is 0 Å². The van der Waals surface area contributed by atoms with E-state index in [1.807, 2.05) is 0 Å². The molecule has 2 heterocycles. The van der Waals surface area contributed by atoms with Crippen LogP contribution in [-0.2, 0) is 0 Å². The number of anilines is 1. The Hall–Kier alpha value is -1.53. The highest BCUT2D eigenvalue weighted by atomic mass is 32.1. The van der Waals surface area contributed by atoms with Gasteiger partial charge in [-0.25, -0.2) is 13.8 Å². The van der Waals surface area contributed by atoms with Crippen molar-refractivity contribution in [2.45, 2.75) is 6.92 Å². The minimum atomic E-state index is -0.430. The number of halogens is 2. The Kier molecular flexibility index (Phi) is 3.67. The second kappa shape index (κ2) is 5.46. The highest BCUT2D eigenvalue weighted by Gasteiger charge is 2.17. The predicted octanol–water partition coefficient (Wildman–Crippen LogP) is 2.81. The van der Waals surface area contributed by atoms with Crippen LogP contribution in [0.25, 0.3) is 11.3 Å². The summed E-state index contributed by atoms with van der Waals surface area (Å²) < 4.78 is 27.5. The average Bonchev–Trinajstić information content (AvgIpc) is 2.93. The number of aryl methyl sites for hydroxylation is 1. The first-order valence-electron chi connectivity index (χ1n) is 6.52. The third kappa shape index (κ3) is 2.53. The molecule has 0 aliphatic carbocycles. The molecule has 3 rings (SSSR count). The molecule has 1 saturated heterocycles. The number of thiazole rings is 1. The van der Waals surface area contributed by atoms with Crippen molar-refractivity contribution >= 4 is 16.5 Å². The molecule has 0 bridgehead atoms. The van der Waals surface area contributed by atoms with Crippen molar-refractivity contribution in [3.05, 3.63) is 34.7 Å². The van der Waals surface area contributed by atoms with E-state index >= 15 is 0 Å². The molecule has 1 aromatic heterocycles. The molecule has 0 radical (unpaired) electrons. The maximum atomic E-state index is 13.9. The number of rotatable bonds is 2. The molecule has 1 fully saturated rings. The summed E-state index contributed by atoms with van der Waals surface area (Å²) in [5.41, 5.74) is 1.04. The number of benzene rings is 1. The van der Waals surface area contributed by atoms with Crippen LogP contribution in [0.4, 0.5) is 13.9 Å². The molecule has 1 aromatic carbocycles. The first kappa shape index (κ1) is 13.5. The summed E-state index contributed by atoms with van der Waals surface area (Å²) in [5, 5.41) is 5.92. The third-order valence-electron chi connectivity index (χ3n) is 3.40. The summed E-state index contributed by atoms with van der Waals surface area (Å²) in [4.78, 5) is 6.61. The first-order valence-corrected chi connectivity index (χ1v) is 7.40. The maximum absolute atomic E-state index is 13.9. The van der Waals surface area contributed by atoms with Crippen molar-refractivity contribution in [2.24, 2.45) is 0 Å². The zero-order valence-electron chi connectivity index (χ0n) is 11.1. The Morgan fingerprint density at radius 3 is 2.70 bits per heavy atom. The van der Waals surface area contributed by atoms with Crippen LogP contribution in [0, 0.1) is 18.6 Å². The first-order chi connectivity index (χ1) is 9.65. The fourth-order valence-electron chi connectivity index (χ4n) is 2.23. The third-order valence-corrected chi connectivity index (χ3v) is 4.31. The minimum absolute atomic E-state index is 0.228. The zero-order chi connectivity index (χ0) is 14.1. The van der Waals surface area contributed by atoms with Crippen molar-refractivity contribution in [3.63, 3.8) is 0 Å². The highest BCUT2D eigenvalue weighted by molar-refractivity contribution is 7.14. The standard InChI is InChI=1S/C14H15F2N3S/c1-9-6-12(16)10(7-11(9)15)13-8-20-14(18-13)19-4-2-17-3-5-19/h6-8,17H,2-5H2,1H3. The van der Waals surface area contributed by atoms with Crippen LogP contribution in [0.5, 0.6) is 0 Å². The number of nitrogens with one attached hydrogen (secondary N) is 1. The van der Waals surface area contributed by atoms with Crippen molar-refractivity contribution in [3.8, 4) is 11.3 Å². The van der Waals surface area contributed by atoms with Gasteiger partial charge in [-0.15, -0.1) is 11.3 Å². The molecule has 0 saturated carbocycles. The summed E-state index contributed by atoms with van der Waals surface area (Å²) in [6.45, 7) is 5.16. The molecule has 2 aromatic rings. The fourth-order valence-corrected chi connectivity index (χ4v) is 3.11. The lowest BCUT2D eigenvalue weighted by Gasteiger charge is -2.26. The molecule has 0 unspecified atom stereocenters. The van der Waals surface area contributed by atoms with Gasteiger partial charge in [-0.3, -0.25) is 0 Å². The molecule has 6 heteroatoms. The summed E-state index contributed by atoms with van der Waals surface area (Å²) in [5.74, 6) is -0.834. The van der Waals surface area contributed by atoms with Gasteiger partial charge >= 0.3 is 0 Å². The molecule has 106 valence electrons. The van der Waals surface area contributed by atoms with E-state index in [4.69, 9.17) is 0 Å². The van der Waals surface area contributed by atoms with E-state index in [9.17, 15) is 8.78 Å². The van der Waals surface area contributed by atoms with Crippen molar-refractivity contribution in [1.29, 1.82) is 0 Å². The maximum Gasteiger partial charge on any atom is 0.185 e. The molecule has 1 aliphatic rings. The quantitative estimate of drug-likeness (QED) is 0.923. The van der Waals surface area contributed by atoms with Gasteiger partial charge in [-0.2, -0.15) is 0 Å². The van der Waals surface area contributed by atoms with Gasteiger partial charge in [-0.1, -0.05) is 0 Å². The summed E-state index contributed by atoms with van der Waals surface area (Å²) in [7, 11) is 0. The lowest BCUT2D eigenvalue weighted by Crippen LogP contribution is -2.43. The van der Waals surface area contributed by atoms with Crippen molar-refractivity contribution < 1.29 is 8.78 Å². The van der Waals surface area contributed by atoms with Crippen molar-refractivity contribution in [1.82, 2.24) is 10.3 Å². The number of hydrogen-bond donors (Lipinski definition) is 1. The van der Waals surface area contributed by atoms with Gasteiger partial charge in [-0.05, 0) is 24.6 Å². The van der Waals surface area contributed by atoms with E-state index < -0.39 is 11.6 Å². The Balaban J connectivity index is 1.91. The smallest absolute Gasteiger partial charge is 0.185 e. The SMILES string of the molecule is Cc1cc(F)c(-c2csc(N3CCNCC3)n2)cc1F. The van der Waals surface area contributed by atoms with Crippen LogP contribution in [-0.4, -0.2) is 31.2 Å². The largest absolute Gasteiger partial charge is 0.346 e. The van der Waals surface area contributed by atoms with Crippen LogP contribution in [0.1, 0.15) is 5.56 Å². The van der Waals surface area contributed by atoms with Gasteiger partial charge in [0.25, 0.3) is 0 Å². The topological polar surface area (TPSA) is 28.2 Å². The molecule has 0 spiro atoms. The molecule has 0 amide bonds. The van der Waals surface area contributed by atoms with Gasteiger partial charge in [0.2, 0.25) is 0 Å². The number of aromatic nitrogens is 1. The summed E-state index contributed by atoms with van der Waals surface area (Å²) in [6.07, 6.45) is 0. The summed E-state index contributed by atoms with van der Waals surface area (Å²) >= 11 is 1.47. The van der Waals surface area contributed by atoms with Gasteiger partial charge in [0.15, 0.2) is 5.13 Å². The van der Waals surface area contributed by atoms with Gasteiger partial charge in [0.1, 0.15) is 11.6 Å². The molecule has 0 atom stereocenters. The number of nitrogens with zero attached hydrogens (tertiary/aromatic N) is 2. The van der Waals surface area contributed by atoms with E-state index in [0.717, 1.165) is 31.3 Å². The molecular weight excluding hydrogens is 280 g/mol. The van der Waals surface area contributed by atoms with Crippen LogP contribution < -0.4 is 10.2 Å². The minimum Gasteiger partial charge on any atom is -0.346 e. The fraction of sp³-hybridized carbons (Fsp3) is 0.357. The van der Waals surface area contributed by atoms with E-state index in [1.54, 1.807) is 12.3 Å². The Bertz CT molecular complexity index is 621. The van der Waals surface area contributed by atoms with Crippen LogP contribution in [0.15, 0.2) is 17.5 Å². The second-order valence-corrected chi connectivity index (χ2v) is 5.67. The lowest BCUT2D eigenvalue weighted by atomic mass is 10.1. The monoisotopic (exact) mass is 295 g/mol. The molecule has 1 N–H and O–H groups in total. The lowest BCUT2D eigenvalue weighted by molar-refractivity contribution is 0.588. The average molecular weight is 295 g/mol. The van der Waals surface area contributed by atoms with Gasteiger partial charge < -0.3 is 10.2 Å². The van der Waals surface area contributed by atoms with E-state index in [1.165, 1.54) is 23.5 Å². The van der Waals surface area contributed by atoms with E-state index in [2.05, 4.69) is 15.2 Å². The molecule has 1 aliphatic heterocycles. The molecule has 20 heavy (non-hydrogen) atoms. The van der Waals surface area contributed by atoms with Crippen LogP contribution >= 0.6 is 11.3 Å². The number of piperazine rings is 1. The predicted molar refractivity (Wildman–Crippen MR) is 77.3 cm³/mol. The number of hydrogen-bond acceptors (Lipinski definition) is 4. The van der Waals surface area contributed by atoms with Gasteiger partial charge in [0, 0.05) is 37.1 Å². The normalized spacial score (nSPS) is 15.7. The second-order valence-electron chi connectivity index (χ2n) is 4.83. The molecular formula is C14H15F2N3S. The highest BCUT2D eigenvalue weighted by Crippen LogP contribution is 2.30. The van der Waals surface area contributed by atoms with E-state index in [0.29, 0.717) is 11.3 Å². The Labute approximate surface area is 120 Å². The van der Waals surface area contributed by atoms with Crippen molar-refractivity contribution in [2.75, 3.05) is 31.1 Å². The Morgan fingerprint density at radius 2 is 1.95 bits per heavy atom. The van der Waals surface area contributed by atoms with Gasteiger partial charge in [0.05, 0.1) is 5.69 Å². The Morgan fingerprint density at radius 1 is 1.20 bits per heavy atom. The zero-order valence-corrected chi connectivity index (χ0v) is 11.9. The van der Waals surface area contributed by atoms with E-state index in [-0.39, 0.29) is 5.56 Å². The molecule has 3 nitrogen and oxygen atoms in total. The summed E-state index contributed by atoms with van der Waals surface area (Å²) in [6, 6.07) is 2.44. The van der Waals surface area contributed by atoms with Crippen LogP contribution in [0.3, 0.4) is 0 Å².